The normalized spacial score (nSPS) is 10.3. The molecule has 0 unspecified atom stereocenters. The summed E-state index contributed by atoms with van der Waals surface area (Å²) in [5.74, 6) is 1.66. The SMILES string of the molecule is COc1ccc(Cl)cc1Nc1nncc(NCCc2ccccc2)n1. The van der Waals surface area contributed by atoms with E-state index < -0.39 is 0 Å². The summed E-state index contributed by atoms with van der Waals surface area (Å²) >= 11 is 6.03. The van der Waals surface area contributed by atoms with Gasteiger partial charge in [-0.15, -0.1) is 5.10 Å². The van der Waals surface area contributed by atoms with Crippen LogP contribution in [-0.2, 0) is 6.42 Å². The molecule has 0 radical (unpaired) electrons. The van der Waals surface area contributed by atoms with Gasteiger partial charge in [-0.1, -0.05) is 41.9 Å². The van der Waals surface area contributed by atoms with E-state index in [1.165, 1.54) is 5.56 Å². The van der Waals surface area contributed by atoms with Gasteiger partial charge in [0.15, 0.2) is 5.82 Å². The van der Waals surface area contributed by atoms with Crippen LogP contribution in [0.3, 0.4) is 0 Å². The minimum absolute atomic E-state index is 0.366. The number of halogens is 1. The maximum Gasteiger partial charge on any atom is 0.249 e. The number of ether oxygens (including phenoxy) is 1. The largest absolute Gasteiger partial charge is 0.495 e. The van der Waals surface area contributed by atoms with Gasteiger partial charge in [-0.05, 0) is 30.2 Å². The molecule has 128 valence electrons. The lowest BCUT2D eigenvalue weighted by Crippen LogP contribution is -2.09. The fraction of sp³-hybridized carbons (Fsp3) is 0.167. The van der Waals surface area contributed by atoms with Gasteiger partial charge in [-0.2, -0.15) is 10.1 Å². The Morgan fingerprint density at radius 1 is 1.12 bits per heavy atom. The molecule has 2 aromatic carbocycles. The molecule has 0 amide bonds. The van der Waals surface area contributed by atoms with Crippen LogP contribution in [0.1, 0.15) is 5.56 Å². The van der Waals surface area contributed by atoms with Crippen LogP contribution in [0, 0.1) is 0 Å². The third-order valence-electron chi connectivity index (χ3n) is 3.53. The van der Waals surface area contributed by atoms with E-state index in [1.54, 1.807) is 31.5 Å². The first-order chi connectivity index (χ1) is 12.2. The van der Waals surface area contributed by atoms with Crippen LogP contribution in [0.25, 0.3) is 0 Å². The van der Waals surface area contributed by atoms with Crippen molar-refractivity contribution in [3.8, 4) is 5.75 Å². The molecular formula is C18H18ClN5O. The Balaban J connectivity index is 1.64. The molecule has 7 heteroatoms. The van der Waals surface area contributed by atoms with E-state index >= 15 is 0 Å². The van der Waals surface area contributed by atoms with Crippen molar-refractivity contribution in [2.45, 2.75) is 6.42 Å². The van der Waals surface area contributed by atoms with E-state index in [2.05, 4.69) is 37.9 Å². The summed E-state index contributed by atoms with van der Waals surface area (Å²) in [6.07, 6.45) is 2.49. The minimum atomic E-state index is 0.366. The molecule has 0 aliphatic heterocycles. The number of nitrogens with one attached hydrogen (secondary N) is 2. The Kier molecular flexibility index (Phi) is 5.64. The van der Waals surface area contributed by atoms with Crippen molar-refractivity contribution in [1.82, 2.24) is 15.2 Å². The zero-order valence-electron chi connectivity index (χ0n) is 13.7. The molecule has 1 aromatic heterocycles. The average molecular weight is 356 g/mol. The highest BCUT2D eigenvalue weighted by Crippen LogP contribution is 2.29. The lowest BCUT2D eigenvalue weighted by atomic mass is 10.1. The third kappa shape index (κ3) is 4.81. The van der Waals surface area contributed by atoms with Crippen LogP contribution in [0.15, 0.2) is 54.7 Å². The van der Waals surface area contributed by atoms with Crippen LogP contribution in [-0.4, -0.2) is 28.8 Å². The van der Waals surface area contributed by atoms with Gasteiger partial charge in [-0.3, -0.25) is 0 Å². The van der Waals surface area contributed by atoms with Crippen LogP contribution < -0.4 is 15.4 Å². The quantitative estimate of drug-likeness (QED) is 0.669. The number of aromatic nitrogens is 3. The standard InChI is InChI=1S/C18H18ClN5O/c1-25-16-8-7-14(19)11-15(16)22-18-23-17(12-21-24-18)20-10-9-13-5-3-2-4-6-13/h2-8,11-12H,9-10H2,1H3,(H2,20,22,23,24). The van der Waals surface area contributed by atoms with E-state index in [4.69, 9.17) is 16.3 Å². The minimum Gasteiger partial charge on any atom is -0.495 e. The third-order valence-corrected chi connectivity index (χ3v) is 3.76. The summed E-state index contributed by atoms with van der Waals surface area (Å²) in [7, 11) is 1.59. The molecule has 0 aliphatic carbocycles. The smallest absolute Gasteiger partial charge is 0.249 e. The highest BCUT2D eigenvalue weighted by Gasteiger charge is 2.07. The lowest BCUT2D eigenvalue weighted by molar-refractivity contribution is 0.417. The molecule has 1 heterocycles. The highest BCUT2D eigenvalue weighted by atomic mass is 35.5. The Morgan fingerprint density at radius 2 is 1.96 bits per heavy atom. The van der Waals surface area contributed by atoms with Gasteiger partial charge in [0, 0.05) is 11.6 Å². The van der Waals surface area contributed by atoms with E-state index in [9.17, 15) is 0 Å². The van der Waals surface area contributed by atoms with Crippen LogP contribution >= 0.6 is 11.6 Å². The Bertz CT molecular complexity index is 829. The number of nitrogens with zero attached hydrogens (tertiary/aromatic N) is 3. The topological polar surface area (TPSA) is 72.0 Å². The van der Waals surface area contributed by atoms with Crippen LogP contribution in [0.4, 0.5) is 17.5 Å². The van der Waals surface area contributed by atoms with Gasteiger partial charge in [0.2, 0.25) is 5.95 Å². The monoisotopic (exact) mass is 355 g/mol. The molecular weight excluding hydrogens is 338 g/mol. The van der Waals surface area contributed by atoms with E-state index in [0.29, 0.717) is 28.2 Å². The Labute approximate surface area is 151 Å². The van der Waals surface area contributed by atoms with Gasteiger partial charge >= 0.3 is 0 Å². The zero-order valence-corrected chi connectivity index (χ0v) is 14.5. The number of hydrogen-bond donors (Lipinski definition) is 2. The fourth-order valence-corrected chi connectivity index (χ4v) is 2.49. The zero-order chi connectivity index (χ0) is 17.5. The molecule has 0 saturated carbocycles. The van der Waals surface area contributed by atoms with Crippen molar-refractivity contribution >= 4 is 29.1 Å². The van der Waals surface area contributed by atoms with E-state index in [-0.39, 0.29) is 0 Å². The van der Waals surface area contributed by atoms with Gasteiger partial charge in [0.25, 0.3) is 0 Å². The molecule has 25 heavy (non-hydrogen) atoms. The maximum absolute atomic E-state index is 6.03. The highest BCUT2D eigenvalue weighted by molar-refractivity contribution is 6.30. The first-order valence-corrected chi connectivity index (χ1v) is 8.20. The molecule has 2 N–H and O–H groups in total. The first-order valence-electron chi connectivity index (χ1n) is 7.82. The van der Waals surface area contributed by atoms with E-state index in [0.717, 1.165) is 13.0 Å². The molecule has 3 aromatic rings. The van der Waals surface area contributed by atoms with Gasteiger partial charge in [0.1, 0.15) is 5.75 Å². The second-order valence-electron chi connectivity index (χ2n) is 5.30. The van der Waals surface area contributed by atoms with Gasteiger partial charge in [-0.25, -0.2) is 0 Å². The molecule has 0 fully saturated rings. The molecule has 0 atom stereocenters. The molecule has 6 nitrogen and oxygen atoms in total. The summed E-state index contributed by atoms with van der Waals surface area (Å²) in [5, 5.41) is 14.9. The van der Waals surface area contributed by atoms with Crippen molar-refractivity contribution in [3.05, 3.63) is 65.3 Å². The Morgan fingerprint density at radius 3 is 2.76 bits per heavy atom. The van der Waals surface area contributed by atoms with Gasteiger partial charge < -0.3 is 15.4 Å². The lowest BCUT2D eigenvalue weighted by Gasteiger charge is -2.11. The maximum atomic E-state index is 6.03. The fourth-order valence-electron chi connectivity index (χ4n) is 2.32. The first kappa shape index (κ1) is 17.0. The summed E-state index contributed by atoms with van der Waals surface area (Å²) < 4.78 is 5.30. The summed E-state index contributed by atoms with van der Waals surface area (Å²) in [6.45, 7) is 0.753. The van der Waals surface area contributed by atoms with Crippen LogP contribution in [0.5, 0.6) is 5.75 Å². The number of anilines is 3. The summed E-state index contributed by atoms with van der Waals surface area (Å²) in [4.78, 5) is 4.41. The molecule has 0 spiro atoms. The molecule has 0 bridgehead atoms. The average Bonchev–Trinajstić information content (AvgIpc) is 2.63. The van der Waals surface area contributed by atoms with Crippen molar-refractivity contribution in [3.63, 3.8) is 0 Å². The molecule has 3 rings (SSSR count). The van der Waals surface area contributed by atoms with E-state index in [1.807, 2.05) is 18.2 Å². The van der Waals surface area contributed by atoms with Crippen LogP contribution in [0.2, 0.25) is 5.02 Å². The molecule has 0 saturated heterocycles. The number of methoxy groups -OCH3 is 1. The second kappa shape index (κ2) is 8.30. The molecule has 0 aliphatic rings. The number of benzene rings is 2. The number of rotatable bonds is 7. The van der Waals surface area contributed by atoms with Gasteiger partial charge in [0.05, 0.1) is 19.0 Å². The van der Waals surface area contributed by atoms with Crippen molar-refractivity contribution in [2.75, 3.05) is 24.3 Å². The van der Waals surface area contributed by atoms with Crippen molar-refractivity contribution < 1.29 is 4.74 Å². The summed E-state index contributed by atoms with van der Waals surface area (Å²) in [6, 6.07) is 15.5. The van der Waals surface area contributed by atoms with Crippen molar-refractivity contribution in [1.29, 1.82) is 0 Å². The summed E-state index contributed by atoms with van der Waals surface area (Å²) in [5.41, 5.74) is 1.94. The Hall–Kier alpha value is -2.86. The number of hydrogen-bond acceptors (Lipinski definition) is 6. The second-order valence-corrected chi connectivity index (χ2v) is 5.73. The predicted octanol–water partition coefficient (Wildman–Crippen LogP) is 3.93. The van der Waals surface area contributed by atoms with Crippen molar-refractivity contribution in [2.24, 2.45) is 0 Å². The predicted molar refractivity (Wildman–Crippen MR) is 99.7 cm³/mol.